The smallest absolute Gasteiger partial charge is 0.407 e. The van der Waals surface area contributed by atoms with Crippen molar-refractivity contribution in [3.63, 3.8) is 0 Å². The van der Waals surface area contributed by atoms with Crippen LogP contribution in [0.2, 0.25) is 0 Å². The maximum atomic E-state index is 12.9. The summed E-state index contributed by atoms with van der Waals surface area (Å²) < 4.78 is 29.3. The molecule has 1 aromatic rings. The molecule has 15 atom stereocenters. The Kier molecular flexibility index (Phi) is 14.6. The van der Waals surface area contributed by atoms with E-state index in [9.17, 15) is 40.2 Å². The van der Waals surface area contributed by atoms with Crippen molar-refractivity contribution in [1.82, 2.24) is 10.6 Å². The molecule has 7 unspecified atom stereocenters. The lowest BCUT2D eigenvalue weighted by Crippen LogP contribution is -2.73. The second kappa shape index (κ2) is 18.1. The zero-order chi connectivity index (χ0) is 35.8. The molecule has 0 radical (unpaired) electrons. The molecule has 16 nitrogen and oxygen atoms in total. The van der Waals surface area contributed by atoms with Gasteiger partial charge in [-0.15, -0.1) is 0 Å². The number of carbonyl (C=O) groups is 2. The molecule has 2 heterocycles. The van der Waals surface area contributed by atoms with Crippen molar-refractivity contribution >= 4 is 12.0 Å². The zero-order valence-electron chi connectivity index (χ0n) is 28.1. The highest BCUT2D eigenvalue weighted by atomic mass is 16.7. The average Bonchev–Trinajstić information content (AvgIpc) is 3.10. The Balaban J connectivity index is 1.46. The minimum Gasteiger partial charge on any atom is -0.445 e. The van der Waals surface area contributed by atoms with E-state index in [4.69, 9.17) is 29.4 Å². The lowest BCUT2D eigenvalue weighted by atomic mass is 9.81. The number of ether oxygens (including phenoxy) is 5. The van der Waals surface area contributed by atoms with E-state index in [1.807, 2.05) is 37.3 Å². The zero-order valence-corrected chi connectivity index (χ0v) is 28.1. The van der Waals surface area contributed by atoms with Crippen LogP contribution in [0.25, 0.3) is 0 Å². The predicted octanol–water partition coefficient (Wildman–Crippen LogP) is -1.39. The molecule has 10 N–H and O–H groups in total. The van der Waals surface area contributed by atoms with Gasteiger partial charge in [-0.1, -0.05) is 57.5 Å². The van der Waals surface area contributed by atoms with Gasteiger partial charge in [0.05, 0.1) is 37.0 Å². The maximum absolute atomic E-state index is 12.9. The van der Waals surface area contributed by atoms with Gasteiger partial charge in [0.2, 0.25) is 5.91 Å². The summed E-state index contributed by atoms with van der Waals surface area (Å²) in [6.45, 7) is 4.81. The van der Waals surface area contributed by atoms with Crippen LogP contribution in [-0.2, 0) is 35.1 Å². The molecule has 2 aliphatic heterocycles. The molecule has 0 aromatic heterocycles. The first-order valence-electron chi connectivity index (χ1n) is 17.0. The number of nitrogens with one attached hydrogen (secondary N) is 2. The third-order valence-corrected chi connectivity index (χ3v) is 9.57. The van der Waals surface area contributed by atoms with Gasteiger partial charge in [-0.3, -0.25) is 4.79 Å². The van der Waals surface area contributed by atoms with E-state index in [2.05, 4.69) is 10.6 Å². The number of alkyl carbamates (subject to hydrolysis) is 1. The summed E-state index contributed by atoms with van der Waals surface area (Å²) in [7, 11) is 0. The highest BCUT2D eigenvalue weighted by Gasteiger charge is 2.54. The van der Waals surface area contributed by atoms with Gasteiger partial charge in [0.25, 0.3) is 0 Å². The maximum Gasteiger partial charge on any atom is 0.407 e. The van der Waals surface area contributed by atoms with Gasteiger partial charge in [-0.2, -0.15) is 0 Å². The Bertz CT molecular complexity index is 1180. The van der Waals surface area contributed by atoms with Crippen molar-refractivity contribution in [2.24, 2.45) is 17.6 Å². The average molecular weight is 700 g/mol. The molecule has 1 aliphatic carbocycles. The van der Waals surface area contributed by atoms with Crippen molar-refractivity contribution < 1.29 is 63.9 Å². The minimum absolute atomic E-state index is 0.103. The molecule has 16 heteroatoms. The number of aliphatic hydroxyl groups excluding tert-OH is 6. The largest absolute Gasteiger partial charge is 0.445 e. The molecule has 1 saturated carbocycles. The summed E-state index contributed by atoms with van der Waals surface area (Å²) in [6, 6.07) is 6.55. The lowest BCUT2D eigenvalue weighted by Gasteiger charge is -2.50. The summed E-state index contributed by atoms with van der Waals surface area (Å²) >= 11 is 0. The van der Waals surface area contributed by atoms with Gasteiger partial charge in [0.15, 0.2) is 12.6 Å². The predicted molar refractivity (Wildman–Crippen MR) is 171 cm³/mol. The Morgan fingerprint density at radius 1 is 0.959 bits per heavy atom. The SMILES string of the molecule is CCC[C@H](O)C(=O)N[C@@H]1C(O)[C@H](N)C(O[C@H]2OC(CNC(=O)OCc3ccccc3)CCC2C)C(O)[C@H]1O[C@H]1OC(CO)[C@@H](O)[C@H](C)C1O. The Labute approximate surface area is 285 Å². The molecule has 0 bridgehead atoms. The van der Waals surface area contributed by atoms with Crippen molar-refractivity contribution in [2.75, 3.05) is 13.2 Å². The number of hydrogen-bond acceptors (Lipinski definition) is 14. The molecule has 2 amide bonds. The van der Waals surface area contributed by atoms with Crippen molar-refractivity contribution in [2.45, 2.75) is 133 Å². The topological polar surface area (TPSA) is 252 Å². The number of carbonyl (C=O) groups excluding carboxylic acids is 2. The molecule has 2 saturated heterocycles. The van der Waals surface area contributed by atoms with Gasteiger partial charge in [-0.25, -0.2) is 4.79 Å². The monoisotopic (exact) mass is 699 g/mol. The first-order valence-corrected chi connectivity index (χ1v) is 17.0. The quantitative estimate of drug-likeness (QED) is 0.115. The molecule has 1 aromatic carbocycles. The number of rotatable bonds is 13. The Hall–Kier alpha value is -2.48. The van der Waals surface area contributed by atoms with Crippen LogP contribution in [0.5, 0.6) is 0 Å². The van der Waals surface area contributed by atoms with Gasteiger partial charge in [0.1, 0.15) is 43.2 Å². The van der Waals surface area contributed by atoms with Crippen LogP contribution in [-0.4, -0.2) is 135 Å². The van der Waals surface area contributed by atoms with Crippen molar-refractivity contribution in [1.29, 1.82) is 0 Å². The van der Waals surface area contributed by atoms with Gasteiger partial charge in [-0.05, 0) is 24.8 Å². The molecule has 49 heavy (non-hydrogen) atoms. The second-order valence-corrected chi connectivity index (χ2v) is 13.3. The van der Waals surface area contributed by atoms with Gasteiger partial charge in [0, 0.05) is 18.4 Å². The lowest BCUT2D eigenvalue weighted by molar-refractivity contribution is -0.327. The first kappa shape index (κ1) is 39.3. The van der Waals surface area contributed by atoms with E-state index in [0.717, 1.165) is 5.56 Å². The molecule has 3 aliphatic rings. The van der Waals surface area contributed by atoms with Crippen molar-refractivity contribution in [3.8, 4) is 0 Å². The van der Waals surface area contributed by atoms with Crippen LogP contribution in [0.1, 0.15) is 52.0 Å². The summed E-state index contributed by atoms with van der Waals surface area (Å²) in [5, 5.41) is 69.6. The highest BCUT2D eigenvalue weighted by molar-refractivity contribution is 5.80. The standard InChI is InChI=1S/C33H53N3O13/c1-4-8-20(38)30(43)36-23-26(41)22(34)28(27(42)29(23)49-32-25(40)17(3)24(39)21(14-37)47-32)48-31-16(2)11-12-19(46-31)13-35-33(44)45-15-18-9-6-5-7-10-18/h5-7,9-10,16-17,19-29,31-32,37-42H,4,8,11-15,34H2,1-3H3,(H,35,44)(H,36,43)/t16?,17-,19?,20-,21?,22-,23+,24-,25?,26?,27?,28?,29-,31+,32+/m0/s1. The third-order valence-electron chi connectivity index (χ3n) is 9.57. The van der Waals surface area contributed by atoms with Gasteiger partial charge < -0.3 is 70.7 Å². The number of hydrogen-bond donors (Lipinski definition) is 9. The van der Waals surface area contributed by atoms with E-state index in [0.29, 0.717) is 19.3 Å². The molecule has 3 fully saturated rings. The fraction of sp³-hybridized carbons (Fsp3) is 0.758. The molecular formula is C33H53N3O13. The summed E-state index contributed by atoms with van der Waals surface area (Å²) in [5.74, 6) is -1.83. The number of aliphatic hydroxyl groups is 6. The fourth-order valence-electron chi connectivity index (χ4n) is 6.38. The van der Waals surface area contributed by atoms with Crippen LogP contribution < -0.4 is 16.4 Å². The summed E-state index contributed by atoms with van der Waals surface area (Å²) in [4.78, 5) is 25.2. The van der Waals surface area contributed by atoms with Gasteiger partial charge >= 0.3 is 6.09 Å². The Morgan fingerprint density at radius 2 is 1.65 bits per heavy atom. The molecule has 278 valence electrons. The first-order chi connectivity index (χ1) is 23.4. The highest BCUT2D eigenvalue weighted by Crippen LogP contribution is 2.34. The Morgan fingerprint density at radius 3 is 2.33 bits per heavy atom. The van der Waals surface area contributed by atoms with E-state index in [-0.39, 0.29) is 25.5 Å². The van der Waals surface area contributed by atoms with Crippen LogP contribution in [0.4, 0.5) is 4.79 Å². The van der Waals surface area contributed by atoms with Crippen molar-refractivity contribution in [3.05, 3.63) is 35.9 Å². The van der Waals surface area contributed by atoms with E-state index in [1.165, 1.54) is 6.92 Å². The number of amides is 2. The summed E-state index contributed by atoms with van der Waals surface area (Å²) in [6.07, 6.45) is -12.9. The van der Waals surface area contributed by atoms with E-state index in [1.54, 1.807) is 6.92 Å². The number of benzene rings is 1. The fourth-order valence-corrected chi connectivity index (χ4v) is 6.38. The summed E-state index contributed by atoms with van der Waals surface area (Å²) in [5.41, 5.74) is 7.25. The molecular weight excluding hydrogens is 646 g/mol. The molecule has 0 spiro atoms. The van der Waals surface area contributed by atoms with Crippen LogP contribution in [0.15, 0.2) is 30.3 Å². The molecule has 4 rings (SSSR count). The van der Waals surface area contributed by atoms with E-state index >= 15 is 0 Å². The minimum atomic E-state index is -1.64. The number of nitrogens with two attached hydrogens (primary N) is 1. The van der Waals surface area contributed by atoms with Crippen LogP contribution >= 0.6 is 0 Å². The third kappa shape index (κ3) is 9.86. The normalized spacial score (nSPS) is 38.7. The van der Waals surface area contributed by atoms with Crippen LogP contribution in [0, 0.1) is 11.8 Å². The van der Waals surface area contributed by atoms with E-state index < -0.39 is 104 Å². The second-order valence-electron chi connectivity index (χ2n) is 13.3. The van der Waals surface area contributed by atoms with Crippen LogP contribution in [0.3, 0.4) is 0 Å².